The van der Waals surface area contributed by atoms with Gasteiger partial charge >= 0.3 is 0 Å². The Hall–Kier alpha value is -1.92. The summed E-state index contributed by atoms with van der Waals surface area (Å²) >= 11 is 3.16. The van der Waals surface area contributed by atoms with Crippen LogP contribution in [0.15, 0.2) is 34.8 Å². The Bertz CT molecular complexity index is 898. The number of aromatic nitrogens is 3. The van der Waals surface area contributed by atoms with Gasteiger partial charge in [-0.05, 0) is 55.0 Å². The van der Waals surface area contributed by atoms with E-state index < -0.39 is 0 Å². The summed E-state index contributed by atoms with van der Waals surface area (Å²) < 4.78 is 1.98. The number of thiophene rings is 1. The third kappa shape index (κ3) is 4.02. The fourth-order valence-electron chi connectivity index (χ4n) is 2.66. The number of hydrogen-bond donors (Lipinski definition) is 0. The Kier molecular flexibility index (Phi) is 5.39. The van der Waals surface area contributed by atoms with E-state index in [1.54, 1.807) is 11.3 Å². The van der Waals surface area contributed by atoms with Gasteiger partial charge in [-0.3, -0.25) is 4.79 Å². The molecule has 0 saturated carbocycles. The molecule has 0 N–H and O–H groups in total. The van der Waals surface area contributed by atoms with Gasteiger partial charge in [-0.1, -0.05) is 23.9 Å². The summed E-state index contributed by atoms with van der Waals surface area (Å²) in [5, 5.41) is 11.4. The number of Topliss-reactive ketones (excluding diaryl/α,β-unsaturated/α-hetero) is 1. The number of benzene rings is 1. The molecule has 4 nitrogen and oxygen atoms in total. The van der Waals surface area contributed by atoms with Gasteiger partial charge in [0.15, 0.2) is 10.9 Å². The van der Waals surface area contributed by atoms with E-state index in [4.69, 9.17) is 0 Å². The van der Waals surface area contributed by atoms with Gasteiger partial charge in [0.1, 0.15) is 5.82 Å². The molecule has 0 aliphatic rings. The lowest BCUT2D eigenvalue weighted by Gasteiger charge is -2.09. The number of ketones is 1. The highest BCUT2D eigenvalue weighted by molar-refractivity contribution is 7.99. The maximum Gasteiger partial charge on any atom is 0.191 e. The van der Waals surface area contributed by atoms with Crippen LogP contribution in [0.1, 0.15) is 37.7 Å². The standard InChI is InChI=1S/C19H21N3OS2/c1-12-8-14(3)16(9-13(12)2)17(23)11-25-19-21-20-18(22(19)4)10-15-6-5-7-24-15/h5-9H,10-11H2,1-4H3. The number of thioether (sulfide) groups is 1. The summed E-state index contributed by atoms with van der Waals surface area (Å²) in [5.74, 6) is 1.42. The molecule has 0 amide bonds. The van der Waals surface area contributed by atoms with Crippen LogP contribution in [0.2, 0.25) is 0 Å². The molecule has 2 heterocycles. The molecule has 0 bridgehead atoms. The van der Waals surface area contributed by atoms with E-state index in [1.807, 2.05) is 37.6 Å². The van der Waals surface area contributed by atoms with E-state index in [2.05, 4.69) is 34.6 Å². The van der Waals surface area contributed by atoms with Gasteiger partial charge in [0, 0.05) is 23.9 Å². The molecule has 130 valence electrons. The number of nitrogens with zero attached hydrogens (tertiary/aromatic N) is 3. The molecular weight excluding hydrogens is 350 g/mol. The number of aryl methyl sites for hydroxylation is 3. The van der Waals surface area contributed by atoms with Crippen LogP contribution in [-0.2, 0) is 13.5 Å². The largest absolute Gasteiger partial charge is 0.309 e. The molecule has 0 fully saturated rings. The first-order valence-electron chi connectivity index (χ1n) is 8.10. The Morgan fingerprint density at radius 3 is 2.64 bits per heavy atom. The molecule has 0 unspecified atom stereocenters. The van der Waals surface area contributed by atoms with Crippen molar-refractivity contribution in [2.45, 2.75) is 32.3 Å². The van der Waals surface area contributed by atoms with Gasteiger partial charge < -0.3 is 4.57 Å². The molecule has 25 heavy (non-hydrogen) atoms. The third-order valence-electron chi connectivity index (χ3n) is 4.31. The highest BCUT2D eigenvalue weighted by Crippen LogP contribution is 2.22. The second kappa shape index (κ2) is 7.54. The van der Waals surface area contributed by atoms with Crippen molar-refractivity contribution in [3.05, 3.63) is 62.6 Å². The zero-order valence-electron chi connectivity index (χ0n) is 14.9. The quantitative estimate of drug-likeness (QED) is 0.477. The molecule has 0 saturated heterocycles. The summed E-state index contributed by atoms with van der Waals surface area (Å²) in [6.45, 7) is 6.10. The van der Waals surface area contributed by atoms with E-state index in [-0.39, 0.29) is 5.78 Å². The topological polar surface area (TPSA) is 47.8 Å². The number of carbonyl (C=O) groups is 1. The van der Waals surface area contributed by atoms with Crippen LogP contribution in [0.4, 0.5) is 0 Å². The minimum absolute atomic E-state index is 0.133. The average Bonchev–Trinajstić information content (AvgIpc) is 3.20. The van der Waals surface area contributed by atoms with Gasteiger partial charge in [0.2, 0.25) is 0 Å². The Labute approximate surface area is 156 Å². The normalized spacial score (nSPS) is 11.0. The maximum absolute atomic E-state index is 12.6. The lowest BCUT2D eigenvalue weighted by Crippen LogP contribution is -2.07. The third-order valence-corrected chi connectivity index (χ3v) is 6.21. The van der Waals surface area contributed by atoms with Gasteiger partial charge in [-0.15, -0.1) is 21.5 Å². The van der Waals surface area contributed by atoms with Crippen molar-refractivity contribution < 1.29 is 4.79 Å². The fraction of sp³-hybridized carbons (Fsp3) is 0.316. The Morgan fingerprint density at radius 1 is 1.16 bits per heavy atom. The zero-order chi connectivity index (χ0) is 18.0. The van der Waals surface area contributed by atoms with Gasteiger partial charge in [0.25, 0.3) is 0 Å². The first kappa shape index (κ1) is 17.9. The van der Waals surface area contributed by atoms with Crippen molar-refractivity contribution in [1.82, 2.24) is 14.8 Å². The lowest BCUT2D eigenvalue weighted by atomic mass is 9.99. The minimum atomic E-state index is 0.133. The smallest absolute Gasteiger partial charge is 0.191 e. The van der Waals surface area contributed by atoms with E-state index in [1.165, 1.54) is 22.2 Å². The molecule has 6 heteroatoms. The Morgan fingerprint density at radius 2 is 1.92 bits per heavy atom. The molecule has 0 aliphatic heterocycles. The predicted octanol–water partition coefficient (Wildman–Crippen LogP) is 4.37. The molecular formula is C19H21N3OS2. The zero-order valence-corrected chi connectivity index (χ0v) is 16.5. The lowest BCUT2D eigenvalue weighted by molar-refractivity contribution is 0.102. The van der Waals surface area contributed by atoms with Crippen LogP contribution in [0.25, 0.3) is 0 Å². The van der Waals surface area contributed by atoms with Crippen molar-refractivity contribution in [2.75, 3.05) is 5.75 Å². The molecule has 0 atom stereocenters. The average molecular weight is 372 g/mol. The van der Waals surface area contributed by atoms with E-state index in [0.717, 1.165) is 34.1 Å². The minimum Gasteiger partial charge on any atom is -0.309 e. The number of rotatable bonds is 6. The van der Waals surface area contributed by atoms with Crippen LogP contribution < -0.4 is 0 Å². The van der Waals surface area contributed by atoms with Gasteiger partial charge in [-0.25, -0.2) is 0 Å². The fourth-order valence-corrected chi connectivity index (χ4v) is 4.18. The highest BCUT2D eigenvalue weighted by atomic mass is 32.2. The highest BCUT2D eigenvalue weighted by Gasteiger charge is 2.15. The second-order valence-corrected chi connectivity index (χ2v) is 8.15. The number of carbonyl (C=O) groups excluding carboxylic acids is 1. The van der Waals surface area contributed by atoms with Crippen LogP contribution in [0, 0.1) is 20.8 Å². The molecule has 0 radical (unpaired) electrons. The summed E-state index contributed by atoms with van der Waals surface area (Å²) in [7, 11) is 1.96. The van der Waals surface area contributed by atoms with E-state index >= 15 is 0 Å². The van der Waals surface area contributed by atoms with Crippen molar-refractivity contribution >= 4 is 28.9 Å². The molecule has 3 aromatic rings. The predicted molar refractivity (Wildman–Crippen MR) is 104 cm³/mol. The summed E-state index contributed by atoms with van der Waals surface area (Å²) in [4.78, 5) is 13.9. The molecule has 0 aliphatic carbocycles. The summed E-state index contributed by atoms with van der Waals surface area (Å²) in [6, 6.07) is 8.20. The van der Waals surface area contributed by atoms with Crippen LogP contribution in [-0.4, -0.2) is 26.3 Å². The molecule has 0 spiro atoms. The monoisotopic (exact) mass is 371 g/mol. The van der Waals surface area contributed by atoms with E-state index in [0.29, 0.717) is 5.75 Å². The SMILES string of the molecule is Cc1cc(C)c(C(=O)CSc2nnc(Cc3cccs3)n2C)cc1C. The van der Waals surface area contributed by atoms with Crippen molar-refractivity contribution in [2.24, 2.45) is 7.05 Å². The summed E-state index contributed by atoms with van der Waals surface area (Å²) in [6.07, 6.45) is 0.770. The first-order chi connectivity index (χ1) is 12.0. The first-order valence-corrected chi connectivity index (χ1v) is 9.96. The molecule has 3 rings (SSSR count). The number of hydrogen-bond acceptors (Lipinski definition) is 5. The van der Waals surface area contributed by atoms with Crippen molar-refractivity contribution in [1.29, 1.82) is 0 Å². The van der Waals surface area contributed by atoms with Crippen molar-refractivity contribution in [3.8, 4) is 0 Å². The second-order valence-electron chi connectivity index (χ2n) is 6.18. The van der Waals surface area contributed by atoms with E-state index in [9.17, 15) is 4.79 Å². The van der Waals surface area contributed by atoms with Crippen LogP contribution in [0.3, 0.4) is 0 Å². The van der Waals surface area contributed by atoms with Crippen molar-refractivity contribution in [3.63, 3.8) is 0 Å². The Balaban J connectivity index is 1.69. The van der Waals surface area contributed by atoms with Crippen LogP contribution >= 0.6 is 23.1 Å². The maximum atomic E-state index is 12.6. The molecule has 2 aromatic heterocycles. The summed E-state index contributed by atoms with van der Waals surface area (Å²) in [5.41, 5.74) is 4.20. The van der Waals surface area contributed by atoms with Crippen LogP contribution in [0.5, 0.6) is 0 Å². The van der Waals surface area contributed by atoms with Gasteiger partial charge in [-0.2, -0.15) is 0 Å². The molecule has 1 aromatic carbocycles. The van der Waals surface area contributed by atoms with Gasteiger partial charge in [0.05, 0.1) is 5.75 Å².